The molecule has 1 heterocycles. The van der Waals surface area contributed by atoms with Crippen LogP contribution in [0.15, 0.2) is 42.5 Å². The summed E-state index contributed by atoms with van der Waals surface area (Å²) in [5.41, 5.74) is 5.88. The molecule has 2 aromatic rings. The number of rotatable bonds is 2. The number of hydrogen-bond acceptors (Lipinski definition) is 1. The van der Waals surface area contributed by atoms with Crippen LogP contribution in [0.4, 0.5) is 10.5 Å². The smallest absolute Gasteiger partial charge is 0.320 e. The highest BCUT2D eigenvalue weighted by atomic mass is 16.2. The summed E-state index contributed by atoms with van der Waals surface area (Å²) >= 11 is 0. The van der Waals surface area contributed by atoms with Crippen molar-refractivity contribution in [2.24, 2.45) is 0 Å². The average molecular weight is 308 g/mol. The van der Waals surface area contributed by atoms with E-state index in [1.54, 1.807) is 0 Å². The summed E-state index contributed by atoms with van der Waals surface area (Å²) in [6, 6.07) is 14.6. The zero-order valence-corrected chi connectivity index (χ0v) is 14.1. The molecular formula is C20H24N2O. The summed E-state index contributed by atoms with van der Waals surface area (Å²) in [6.45, 7) is 7.81. The number of carbonyl (C=O) groups excluding carboxylic acids is 1. The monoisotopic (exact) mass is 308 g/mol. The molecule has 0 saturated heterocycles. The number of nitrogens with one attached hydrogen (secondary N) is 1. The molecule has 0 fully saturated rings. The van der Waals surface area contributed by atoms with E-state index in [1.807, 2.05) is 24.0 Å². The van der Waals surface area contributed by atoms with Gasteiger partial charge in [0.1, 0.15) is 0 Å². The van der Waals surface area contributed by atoms with Crippen molar-refractivity contribution in [2.75, 3.05) is 11.9 Å². The molecule has 0 saturated carbocycles. The Bertz CT molecular complexity index is 721. The van der Waals surface area contributed by atoms with Crippen molar-refractivity contribution in [2.45, 2.75) is 39.7 Å². The normalized spacial score (nSPS) is 13.8. The van der Waals surface area contributed by atoms with Crippen LogP contribution >= 0.6 is 0 Å². The van der Waals surface area contributed by atoms with Crippen molar-refractivity contribution >= 4 is 11.7 Å². The van der Waals surface area contributed by atoms with Crippen LogP contribution in [0, 0.1) is 6.92 Å². The number of para-hydroxylation sites is 1. The second-order valence-corrected chi connectivity index (χ2v) is 6.56. The van der Waals surface area contributed by atoms with E-state index in [-0.39, 0.29) is 6.03 Å². The van der Waals surface area contributed by atoms with Crippen LogP contribution < -0.4 is 5.32 Å². The van der Waals surface area contributed by atoms with Crippen LogP contribution in [0.5, 0.6) is 0 Å². The molecule has 1 N–H and O–H groups in total. The molecule has 0 spiro atoms. The molecule has 0 radical (unpaired) electrons. The fourth-order valence-electron chi connectivity index (χ4n) is 3.20. The number of urea groups is 1. The highest BCUT2D eigenvalue weighted by molar-refractivity contribution is 5.91. The van der Waals surface area contributed by atoms with Crippen LogP contribution in [0.1, 0.15) is 42.0 Å². The largest absolute Gasteiger partial charge is 0.322 e. The van der Waals surface area contributed by atoms with E-state index < -0.39 is 0 Å². The van der Waals surface area contributed by atoms with Gasteiger partial charge in [0.25, 0.3) is 0 Å². The Morgan fingerprint density at radius 1 is 1.09 bits per heavy atom. The fraction of sp³-hybridized carbons (Fsp3) is 0.350. The van der Waals surface area contributed by atoms with Crippen molar-refractivity contribution in [1.29, 1.82) is 0 Å². The van der Waals surface area contributed by atoms with E-state index in [4.69, 9.17) is 0 Å². The van der Waals surface area contributed by atoms with Gasteiger partial charge in [-0.15, -0.1) is 0 Å². The summed E-state index contributed by atoms with van der Waals surface area (Å²) in [5.74, 6) is 0.382. The molecular weight excluding hydrogens is 284 g/mol. The average Bonchev–Trinajstić information content (AvgIpc) is 2.56. The lowest BCUT2D eigenvalue weighted by Crippen LogP contribution is -2.39. The first-order valence-electron chi connectivity index (χ1n) is 8.28. The SMILES string of the molecule is Cc1cccc(C(C)C)c1NC(=O)N1CCc2ccccc2C1. The van der Waals surface area contributed by atoms with E-state index in [0.29, 0.717) is 12.5 Å². The number of fused-ring (bicyclic) bond motifs is 1. The van der Waals surface area contributed by atoms with Gasteiger partial charge < -0.3 is 10.2 Å². The quantitative estimate of drug-likeness (QED) is 0.856. The highest BCUT2D eigenvalue weighted by Gasteiger charge is 2.21. The Morgan fingerprint density at radius 2 is 1.83 bits per heavy atom. The van der Waals surface area contributed by atoms with Crippen LogP contribution in [0.25, 0.3) is 0 Å². The third kappa shape index (κ3) is 3.24. The van der Waals surface area contributed by atoms with Crippen molar-refractivity contribution in [3.05, 3.63) is 64.7 Å². The summed E-state index contributed by atoms with van der Waals surface area (Å²) in [4.78, 5) is 14.6. The number of aryl methyl sites for hydroxylation is 1. The van der Waals surface area contributed by atoms with Gasteiger partial charge >= 0.3 is 6.03 Å². The zero-order chi connectivity index (χ0) is 16.4. The minimum atomic E-state index is -0.00398. The first kappa shape index (κ1) is 15.6. The van der Waals surface area contributed by atoms with Gasteiger partial charge in [0.15, 0.2) is 0 Å². The lowest BCUT2D eigenvalue weighted by atomic mass is 9.98. The van der Waals surface area contributed by atoms with Gasteiger partial charge in [0.2, 0.25) is 0 Å². The molecule has 2 amide bonds. The molecule has 3 heteroatoms. The van der Waals surface area contributed by atoms with E-state index >= 15 is 0 Å². The zero-order valence-electron chi connectivity index (χ0n) is 14.1. The van der Waals surface area contributed by atoms with Crippen LogP contribution in [0.3, 0.4) is 0 Å². The third-order valence-electron chi connectivity index (χ3n) is 4.58. The van der Waals surface area contributed by atoms with Gasteiger partial charge in [-0.3, -0.25) is 0 Å². The second kappa shape index (κ2) is 6.45. The van der Waals surface area contributed by atoms with E-state index in [1.165, 1.54) is 16.7 Å². The van der Waals surface area contributed by atoms with Gasteiger partial charge in [-0.05, 0) is 41.5 Å². The molecule has 23 heavy (non-hydrogen) atoms. The lowest BCUT2D eigenvalue weighted by Gasteiger charge is -2.29. The Morgan fingerprint density at radius 3 is 2.57 bits per heavy atom. The minimum Gasteiger partial charge on any atom is -0.320 e. The van der Waals surface area contributed by atoms with Gasteiger partial charge in [0.05, 0.1) is 0 Å². The Kier molecular flexibility index (Phi) is 4.37. The number of amides is 2. The number of nitrogens with zero attached hydrogens (tertiary/aromatic N) is 1. The molecule has 0 aliphatic carbocycles. The lowest BCUT2D eigenvalue weighted by molar-refractivity contribution is 0.206. The first-order chi connectivity index (χ1) is 11.1. The van der Waals surface area contributed by atoms with Crippen molar-refractivity contribution < 1.29 is 4.79 Å². The van der Waals surface area contributed by atoms with Crippen LogP contribution in [-0.2, 0) is 13.0 Å². The van der Waals surface area contributed by atoms with E-state index in [2.05, 4.69) is 49.5 Å². The molecule has 0 atom stereocenters. The van der Waals surface area contributed by atoms with Crippen molar-refractivity contribution in [3.8, 4) is 0 Å². The van der Waals surface area contributed by atoms with Gasteiger partial charge in [-0.1, -0.05) is 56.3 Å². The predicted octanol–water partition coefficient (Wildman–Crippen LogP) is 4.71. The van der Waals surface area contributed by atoms with E-state index in [0.717, 1.165) is 24.2 Å². The highest BCUT2D eigenvalue weighted by Crippen LogP contribution is 2.28. The maximum Gasteiger partial charge on any atom is 0.322 e. The topological polar surface area (TPSA) is 32.3 Å². The molecule has 0 unspecified atom stereocenters. The Balaban J connectivity index is 1.79. The van der Waals surface area contributed by atoms with E-state index in [9.17, 15) is 4.79 Å². The summed E-state index contributed by atoms with van der Waals surface area (Å²) in [5, 5.41) is 3.15. The molecule has 0 aromatic heterocycles. The molecule has 0 bridgehead atoms. The van der Waals surface area contributed by atoms with Crippen molar-refractivity contribution in [3.63, 3.8) is 0 Å². The molecule has 1 aliphatic rings. The van der Waals surface area contributed by atoms with Gasteiger partial charge in [0, 0.05) is 18.8 Å². The van der Waals surface area contributed by atoms with Gasteiger partial charge in [-0.2, -0.15) is 0 Å². The fourth-order valence-corrected chi connectivity index (χ4v) is 3.20. The molecule has 3 nitrogen and oxygen atoms in total. The number of anilines is 1. The standard InChI is InChI=1S/C20H24N2O/c1-14(2)18-10-6-7-15(3)19(18)21-20(23)22-12-11-16-8-4-5-9-17(16)13-22/h4-10,14H,11-13H2,1-3H3,(H,21,23). The Labute approximate surface area is 138 Å². The molecule has 2 aromatic carbocycles. The number of hydrogen-bond donors (Lipinski definition) is 1. The summed E-state index contributed by atoms with van der Waals surface area (Å²) in [7, 11) is 0. The van der Waals surface area contributed by atoms with Gasteiger partial charge in [-0.25, -0.2) is 4.79 Å². The Hall–Kier alpha value is -2.29. The molecule has 3 rings (SSSR count). The maximum atomic E-state index is 12.7. The number of benzene rings is 2. The first-order valence-corrected chi connectivity index (χ1v) is 8.28. The second-order valence-electron chi connectivity index (χ2n) is 6.56. The van der Waals surface area contributed by atoms with Crippen molar-refractivity contribution in [1.82, 2.24) is 4.90 Å². The summed E-state index contributed by atoms with van der Waals surface area (Å²) in [6.07, 6.45) is 0.925. The van der Waals surface area contributed by atoms with Crippen LogP contribution in [-0.4, -0.2) is 17.5 Å². The number of carbonyl (C=O) groups is 1. The van der Waals surface area contributed by atoms with Crippen LogP contribution in [0.2, 0.25) is 0 Å². The summed E-state index contributed by atoms with van der Waals surface area (Å²) < 4.78 is 0. The molecule has 120 valence electrons. The minimum absolute atomic E-state index is 0.00398. The molecule has 1 aliphatic heterocycles. The third-order valence-corrected chi connectivity index (χ3v) is 4.58. The predicted molar refractivity (Wildman–Crippen MR) is 94.8 cm³/mol. The maximum absolute atomic E-state index is 12.7.